The minimum absolute atomic E-state index is 0.0767. The Labute approximate surface area is 140 Å². The van der Waals surface area contributed by atoms with E-state index in [0.29, 0.717) is 6.54 Å². The summed E-state index contributed by atoms with van der Waals surface area (Å²) in [5.74, 6) is 0.650. The second-order valence-electron chi connectivity index (χ2n) is 4.68. The fraction of sp³-hybridized carbons (Fsp3) is 0.267. The topological polar surface area (TPSA) is 68.0 Å². The standard InChI is InChI=1S/C15H14F3N3O2S/c1-2-6-19-12(22)8-24-9-13-20-14(21-23-13)10-4-3-5-11(7-10)15(16,17)18/h2-5,7H,1,6,8-9H2,(H,19,22). The lowest BCUT2D eigenvalue weighted by Gasteiger charge is -2.06. The number of carbonyl (C=O) groups is 1. The lowest BCUT2D eigenvalue weighted by molar-refractivity contribution is -0.137. The van der Waals surface area contributed by atoms with E-state index in [-0.39, 0.29) is 34.7 Å². The normalized spacial score (nSPS) is 11.3. The van der Waals surface area contributed by atoms with Crippen molar-refractivity contribution in [1.82, 2.24) is 15.5 Å². The van der Waals surface area contributed by atoms with Crippen LogP contribution in [0.4, 0.5) is 13.2 Å². The number of nitrogens with zero attached hydrogens (tertiary/aromatic N) is 2. The van der Waals surface area contributed by atoms with Crippen LogP contribution in [0.2, 0.25) is 0 Å². The van der Waals surface area contributed by atoms with Gasteiger partial charge in [0.2, 0.25) is 17.6 Å². The highest BCUT2D eigenvalue weighted by Gasteiger charge is 2.30. The van der Waals surface area contributed by atoms with Crippen molar-refractivity contribution in [2.75, 3.05) is 12.3 Å². The summed E-state index contributed by atoms with van der Waals surface area (Å²) in [6.07, 6.45) is -2.86. The largest absolute Gasteiger partial charge is 0.416 e. The second-order valence-corrected chi connectivity index (χ2v) is 5.66. The fourth-order valence-electron chi connectivity index (χ4n) is 1.73. The first-order valence-electron chi connectivity index (χ1n) is 6.85. The monoisotopic (exact) mass is 357 g/mol. The number of rotatable bonds is 7. The number of amides is 1. The molecule has 0 aliphatic carbocycles. The van der Waals surface area contributed by atoms with Crippen LogP contribution in [-0.2, 0) is 16.7 Å². The summed E-state index contributed by atoms with van der Waals surface area (Å²) in [5.41, 5.74) is -0.562. The van der Waals surface area contributed by atoms with Crippen LogP contribution in [0.15, 0.2) is 41.4 Å². The van der Waals surface area contributed by atoms with E-state index < -0.39 is 11.7 Å². The van der Waals surface area contributed by atoms with Crippen molar-refractivity contribution in [2.24, 2.45) is 0 Å². The highest BCUT2D eigenvalue weighted by atomic mass is 32.2. The van der Waals surface area contributed by atoms with Gasteiger partial charge in [-0.15, -0.1) is 18.3 Å². The van der Waals surface area contributed by atoms with Gasteiger partial charge in [0.25, 0.3) is 0 Å². The zero-order valence-electron chi connectivity index (χ0n) is 12.5. The summed E-state index contributed by atoms with van der Waals surface area (Å²) in [4.78, 5) is 15.4. The maximum atomic E-state index is 12.7. The Balaban J connectivity index is 1.96. The number of hydrogen-bond acceptors (Lipinski definition) is 5. The third-order valence-corrected chi connectivity index (χ3v) is 3.74. The Hall–Kier alpha value is -2.29. The van der Waals surface area contributed by atoms with Gasteiger partial charge in [-0.2, -0.15) is 18.2 Å². The van der Waals surface area contributed by atoms with Crippen LogP contribution in [0.25, 0.3) is 11.4 Å². The van der Waals surface area contributed by atoms with E-state index in [9.17, 15) is 18.0 Å². The van der Waals surface area contributed by atoms with Gasteiger partial charge in [0, 0.05) is 12.1 Å². The maximum Gasteiger partial charge on any atom is 0.416 e. The van der Waals surface area contributed by atoms with Gasteiger partial charge in [-0.25, -0.2) is 0 Å². The van der Waals surface area contributed by atoms with Gasteiger partial charge in [0.05, 0.1) is 17.1 Å². The molecule has 0 saturated heterocycles. The molecule has 0 spiro atoms. The molecule has 0 radical (unpaired) electrons. The van der Waals surface area contributed by atoms with Gasteiger partial charge in [-0.3, -0.25) is 4.79 Å². The van der Waals surface area contributed by atoms with Crippen LogP contribution >= 0.6 is 11.8 Å². The van der Waals surface area contributed by atoms with Gasteiger partial charge in [-0.1, -0.05) is 23.4 Å². The molecule has 128 valence electrons. The molecule has 9 heteroatoms. The highest BCUT2D eigenvalue weighted by Crippen LogP contribution is 2.31. The van der Waals surface area contributed by atoms with E-state index in [2.05, 4.69) is 22.0 Å². The molecule has 0 atom stereocenters. The molecule has 1 aromatic heterocycles. The van der Waals surface area contributed by atoms with E-state index in [1.807, 2.05) is 0 Å². The van der Waals surface area contributed by atoms with Crippen LogP contribution in [0.5, 0.6) is 0 Å². The first-order valence-corrected chi connectivity index (χ1v) is 8.01. The number of hydrogen-bond donors (Lipinski definition) is 1. The molecule has 2 aromatic rings. The number of nitrogens with one attached hydrogen (secondary N) is 1. The highest BCUT2D eigenvalue weighted by molar-refractivity contribution is 7.99. The lowest BCUT2D eigenvalue weighted by atomic mass is 10.1. The summed E-state index contributed by atoms with van der Waals surface area (Å²) in [7, 11) is 0. The molecule has 2 rings (SSSR count). The van der Waals surface area contributed by atoms with E-state index in [0.717, 1.165) is 12.1 Å². The molecular formula is C15H14F3N3O2S. The first kappa shape index (κ1) is 18.1. The molecule has 1 aromatic carbocycles. The van der Waals surface area contributed by atoms with Crippen molar-refractivity contribution in [2.45, 2.75) is 11.9 Å². The van der Waals surface area contributed by atoms with Gasteiger partial charge in [0.1, 0.15) is 0 Å². The molecule has 0 saturated carbocycles. The van der Waals surface area contributed by atoms with Crippen molar-refractivity contribution in [1.29, 1.82) is 0 Å². The van der Waals surface area contributed by atoms with Crippen LogP contribution < -0.4 is 5.32 Å². The third-order valence-electron chi connectivity index (χ3n) is 2.82. The smallest absolute Gasteiger partial charge is 0.352 e. The average molecular weight is 357 g/mol. The Morgan fingerprint density at radius 1 is 1.42 bits per heavy atom. The molecule has 0 fully saturated rings. The number of benzene rings is 1. The molecule has 0 unspecified atom stereocenters. The molecule has 1 amide bonds. The molecular weight excluding hydrogens is 343 g/mol. The van der Waals surface area contributed by atoms with Crippen molar-refractivity contribution in [3.8, 4) is 11.4 Å². The van der Waals surface area contributed by atoms with E-state index in [4.69, 9.17) is 4.52 Å². The van der Waals surface area contributed by atoms with Crippen molar-refractivity contribution >= 4 is 17.7 Å². The molecule has 0 aliphatic rings. The predicted octanol–water partition coefficient (Wildman–Crippen LogP) is 3.29. The SMILES string of the molecule is C=CCNC(=O)CSCc1nc(-c2cccc(C(F)(F)F)c2)no1. The zero-order valence-corrected chi connectivity index (χ0v) is 13.3. The third kappa shape index (κ3) is 5.12. The lowest BCUT2D eigenvalue weighted by Crippen LogP contribution is -2.24. The van der Waals surface area contributed by atoms with Crippen molar-refractivity contribution in [3.63, 3.8) is 0 Å². The van der Waals surface area contributed by atoms with Crippen molar-refractivity contribution in [3.05, 3.63) is 48.4 Å². The van der Waals surface area contributed by atoms with Crippen LogP contribution in [0.3, 0.4) is 0 Å². The summed E-state index contributed by atoms with van der Waals surface area (Å²) in [6, 6.07) is 4.69. The van der Waals surface area contributed by atoms with Crippen LogP contribution in [-0.4, -0.2) is 28.3 Å². The number of carbonyl (C=O) groups excluding carboxylic acids is 1. The average Bonchev–Trinajstić information content (AvgIpc) is 3.01. The Morgan fingerprint density at radius 2 is 2.21 bits per heavy atom. The van der Waals surface area contributed by atoms with E-state index in [1.54, 1.807) is 6.08 Å². The van der Waals surface area contributed by atoms with Gasteiger partial charge in [-0.05, 0) is 12.1 Å². The molecule has 5 nitrogen and oxygen atoms in total. The number of thioether (sulfide) groups is 1. The molecule has 0 aliphatic heterocycles. The number of alkyl halides is 3. The minimum Gasteiger partial charge on any atom is -0.352 e. The summed E-state index contributed by atoms with van der Waals surface area (Å²) < 4.78 is 43.1. The summed E-state index contributed by atoms with van der Waals surface area (Å²) >= 11 is 1.26. The van der Waals surface area contributed by atoms with Gasteiger partial charge in [0.15, 0.2) is 0 Å². The Kier molecular flexibility index (Phi) is 6.02. The molecule has 24 heavy (non-hydrogen) atoms. The number of halogens is 3. The molecule has 0 bridgehead atoms. The first-order chi connectivity index (χ1) is 11.4. The second kappa shape index (κ2) is 8.00. The zero-order chi connectivity index (χ0) is 17.6. The quantitative estimate of drug-likeness (QED) is 0.770. The summed E-state index contributed by atoms with van der Waals surface area (Å²) in [6.45, 7) is 3.88. The van der Waals surface area contributed by atoms with E-state index in [1.165, 1.54) is 23.9 Å². The maximum absolute atomic E-state index is 12.7. The molecule has 1 N–H and O–H groups in total. The van der Waals surface area contributed by atoms with E-state index >= 15 is 0 Å². The van der Waals surface area contributed by atoms with Crippen molar-refractivity contribution < 1.29 is 22.5 Å². The van der Waals surface area contributed by atoms with Gasteiger partial charge >= 0.3 is 6.18 Å². The van der Waals surface area contributed by atoms with Gasteiger partial charge < -0.3 is 9.84 Å². The van der Waals surface area contributed by atoms with Crippen LogP contribution in [0.1, 0.15) is 11.5 Å². The predicted molar refractivity (Wildman–Crippen MR) is 84.1 cm³/mol. The summed E-state index contributed by atoms with van der Waals surface area (Å²) in [5, 5.41) is 6.30. The van der Waals surface area contributed by atoms with Crippen LogP contribution in [0, 0.1) is 0 Å². The minimum atomic E-state index is -4.43. The Morgan fingerprint density at radius 3 is 2.92 bits per heavy atom. The molecule has 1 heterocycles. The number of aromatic nitrogens is 2. The Bertz CT molecular complexity index is 716. The fourth-order valence-corrected chi connectivity index (χ4v) is 2.41.